The van der Waals surface area contributed by atoms with Gasteiger partial charge in [-0.05, 0) is 19.4 Å². The number of nitrogens with zero attached hydrogens (tertiary/aromatic N) is 2. The Kier molecular flexibility index (Phi) is 5.75. The summed E-state index contributed by atoms with van der Waals surface area (Å²) in [6, 6.07) is 9.68. The van der Waals surface area contributed by atoms with Gasteiger partial charge >= 0.3 is 0 Å². The van der Waals surface area contributed by atoms with E-state index in [0.29, 0.717) is 11.5 Å². The molecule has 118 valence electrons. The standard InChI is InChI=1S/C18H24N2O2/c1-4-5-6-7-11-20(3)18(21)16-13-17(22-19-16)15-10-8-9-14(2)12-15/h8-10,12-13H,4-7,11H2,1-3H3. The molecule has 2 aromatic rings. The lowest BCUT2D eigenvalue weighted by atomic mass is 10.1. The number of carbonyl (C=O) groups is 1. The van der Waals surface area contributed by atoms with E-state index in [1.54, 1.807) is 11.0 Å². The summed E-state index contributed by atoms with van der Waals surface area (Å²) in [6.45, 7) is 4.96. The van der Waals surface area contributed by atoms with Crippen LogP contribution in [0.25, 0.3) is 11.3 Å². The van der Waals surface area contributed by atoms with Crippen LogP contribution < -0.4 is 0 Å². The van der Waals surface area contributed by atoms with Gasteiger partial charge in [-0.2, -0.15) is 0 Å². The Morgan fingerprint density at radius 1 is 1.23 bits per heavy atom. The molecule has 0 atom stereocenters. The van der Waals surface area contributed by atoms with Gasteiger partial charge in [0.1, 0.15) is 0 Å². The summed E-state index contributed by atoms with van der Waals surface area (Å²) in [5.41, 5.74) is 2.46. The third-order valence-electron chi connectivity index (χ3n) is 3.73. The third kappa shape index (κ3) is 4.20. The second-order valence-electron chi connectivity index (χ2n) is 5.73. The molecule has 0 bridgehead atoms. The van der Waals surface area contributed by atoms with E-state index in [2.05, 4.69) is 12.1 Å². The summed E-state index contributed by atoms with van der Waals surface area (Å²) in [6.07, 6.45) is 4.59. The van der Waals surface area contributed by atoms with Gasteiger partial charge in [-0.25, -0.2) is 0 Å². The largest absolute Gasteiger partial charge is 0.355 e. The van der Waals surface area contributed by atoms with Crippen LogP contribution in [0.15, 0.2) is 34.9 Å². The lowest BCUT2D eigenvalue weighted by Crippen LogP contribution is -2.27. The van der Waals surface area contributed by atoms with Crippen molar-refractivity contribution in [2.75, 3.05) is 13.6 Å². The second-order valence-corrected chi connectivity index (χ2v) is 5.73. The molecule has 0 aliphatic carbocycles. The van der Waals surface area contributed by atoms with Gasteiger partial charge < -0.3 is 9.42 Å². The molecule has 2 rings (SSSR count). The molecular formula is C18H24N2O2. The topological polar surface area (TPSA) is 46.3 Å². The zero-order valence-corrected chi connectivity index (χ0v) is 13.6. The van der Waals surface area contributed by atoms with Crippen LogP contribution in [0.4, 0.5) is 0 Å². The highest BCUT2D eigenvalue weighted by Gasteiger charge is 2.17. The predicted octanol–water partition coefficient (Wildman–Crippen LogP) is 4.30. The van der Waals surface area contributed by atoms with Gasteiger partial charge in [-0.3, -0.25) is 4.79 Å². The molecule has 0 radical (unpaired) electrons. The van der Waals surface area contributed by atoms with Gasteiger partial charge in [0, 0.05) is 25.2 Å². The highest BCUT2D eigenvalue weighted by molar-refractivity contribution is 5.92. The van der Waals surface area contributed by atoms with Crippen LogP contribution in [0.3, 0.4) is 0 Å². The van der Waals surface area contributed by atoms with Crippen molar-refractivity contribution in [1.82, 2.24) is 10.1 Å². The normalized spacial score (nSPS) is 10.7. The van der Waals surface area contributed by atoms with E-state index in [9.17, 15) is 4.79 Å². The van der Waals surface area contributed by atoms with Crippen molar-refractivity contribution in [2.24, 2.45) is 0 Å². The molecule has 1 aromatic carbocycles. The second kappa shape index (κ2) is 7.78. The van der Waals surface area contributed by atoms with Gasteiger partial charge in [-0.1, -0.05) is 55.1 Å². The van der Waals surface area contributed by atoms with Crippen molar-refractivity contribution < 1.29 is 9.32 Å². The first-order chi connectivity index (χ1) is 10.6. The average Bonchev–Trinajstić information content (AvgIpc) is 3.00. The molecular weight excluding hydrogens is 276 g/mol. The smallest absolute Gasteiger partial charge is 0.275 e. The quantitative estimate of drug-likeness (QED) is 0.716. The fourth-order valence-corrected chi connectivity index (χ4v) is 2.38. The minimum Gasteiger partial charge on any atom is -0.355 e. The molecule has 0 N–H and O–H groups in total. The summed E-state index contributed by atoms with van der Waals surface area (Å²) >= 11 is 0. The number of hydrogen-bond acceptors (Lipinski definition) is 3. The number of rotatable bonds is 7. The SMILES string of the molecule is CCCCCCN(C)C(=O)c1cc(-c2cccc(C)c2)on1. The van der Waals surface area contributed by atoms with Gasteiger partial charge in [0.2, 0.25) is 0 Å². The van der Waals surface area contributed by atoms with Crippen molar-refractivity contribution in [3.05, 3.63) is 41.6 Å². The lowest BCUT2D eigenvalue weighted by molar-refractivity contribution is 0.0782. The van der Waals surface area contributed by atoms with Gasteiger partial charge in [0.05, 0.1) is 0 Å². The van der Waals surface area contributed by atoms with E-state index in [1.165, 1.54) is 12.8 Å². The van der Waals surface area contributed by atoms with Gasteiger partial charge in [0.25, 0.3) is 5.91 Å². The average molecular weight is 300 g/mol. The molecule has 1 heterocycles. The first-order valence-corrected chi connectivity index (χ1v) is 7.91. The molecule has 0 aliphatic rings. The molecule has 1 aromatic heterocycles. The number of unbranched alkanes of at least 4 members (excludes halogenated alkanes) is 3. The van der Waals surface area contributed by atoms with Crippen LogP contribution in [0.5, 0.6) is 0 Å². The first-order valence-electron chi connectivity index (χ1n) is 7.91. The highest BCUT2D eigenvalue weighted by Crippen LogP contribution is 2.21. The Balaban J connectivity index is 1.99. The van der Waals surface area contributed by atoms with Crippen LogP contribution in [0.1, 0.15) is 48.7 Å². The Morgan fingerprint density at radius 2 is 2.05 bits per heavy atom. The Labute approximate surface area is 132 Å². The van der Waals surface area contributed by atoms with E-state index in [-0.39, 0.29) is 5.91 Å². The predicted molar refractivity (Wildman–Crippen MR) is 87.8 cm³/mol. The molecule has 0 spiro atoms. The molecule has 0 saturated carbocycles. The van der Waals surface area contributed by atoms with E-state index < -0.39 is 0 Å². The molecule has 0 fully saturated rings. The summed E-state index contributed by atoms with van der Waals surface area (Å²) in [4.78, 5) is 14.0. The van der Waals surface area contributed by atoms with Gasteiger partial charge in [-0.15, -0.1) is 0 Å². The zero-order valence-electron chi connectivity index (χ0n) is 13.6. The fraction of sp³-hybridized carbons (Fsp3) is 0.444. The van der Waals surface area contributed by atoms with Crippen molar-refractivity contribution in [3.8, 4) is 11.3 Å². The molecule has 4 nitrogen and oxygen atoms in total. The van der Waals surface area contributed by atoms with Crippen molar-refractivity contribution in [2.45, 2.75) is 39.5 Å². The van der Waals surface area contributed by atoms with Crippen molar-refractivity contribution in [1.29, 1.82) is 0 Å². The van der Waals surface area contributed by atoms with Gasteiger partial charge in [0.15, 0.2) is 11.5 Å². The monoisotopic (exact) mass is 300 g/mol. The maximum atomic E-state index is 12.3. The summed E-state index contributed by atoms with van der Waals surface area (Å²) < 4.78 is 5.32. The van der Waals surface area contributed by atoms with E-state index in [1.807, 2.05) is 38.2 Å². The molecule has 1 amide bonds. The summed E-state index contributed by atoms with van der Waals surface area (Å²) in [7, 11) is 1.81. The summed E-state index contributed by atoms with van der Waals surface area (Å²) in [5.74, 6) is 0.547. The van der Waals surface area contributed by atoms with E-state index in [0.717, 1.165) is 30.5 Å². The number of aryl methyl sites for hydroxylation is 1. The van der Waals surface area contributed by atoms with Crippen LogP contribution in [-0.4, -0.2) is 29.6 Å². The number of carbonyl (C=O) groups excluding carboxylic acids is 1. The molecule has 22 heavy (non-hydrogen) atoms. The molecule has 0 saturated heterocycles. The lowest BCUT2D eigenvalue weighted by Gasteiger charge is -2.14. The van der Waals surface area contributed by atoms with Crippen LogP contribution in [0, 0.1) is 6.92 Å². The maximum Gasteiger partial charge on any atom is 0.275 e. The first kappa shape index (κ1) is 16.3. The van der Waals surface area contributed by atoms with E-state index >= 15 is 0 Å². The van der Waals surface area contributed by atoms with Crippen LogP contribution >= 0.6 is 0 Å². The number of benzene rings is 1. The van der Waals surface area contributed by atoms with Crippen molar-refractivity contribution >= 4 is 5.91 Å². The molecule has 0 unspecified atom stereocenters. The zero-order chi connectivity index (χ0) is 15.9. The number of hydrogen-bond donors (Lipinski definition) is 0. The Hall–Kier alpha value is -2.10. The van der Waals surface area contributed by atoms with Crippen LogP contribution in [-0.2, 0) is 0 Å². The number of aromatic nitrogens is 1. The number of amides is 1. The summed E-state index contributed by atoms with van der Waals surface area (Å²) in [5, 5.41) is 3.92. The molecule has 4 heteroatoms. The molecule has 0 aliphatic heterocycles. The Morgan fingerprint density at radius 3 is 2.77 bits per heavy atom. The van der Waals surface area contributed by atoms with Crippen molar-refractivity contribution in [3.63, 3.8) is 0 Å². The fourth-order valence-electron chi connectivity index (χ4n) is 2.38. The minimum absolute atomic E-state index is 0.0841. The third-order valence-corrected chi connectivity index (χ3v) is 3.73. The maximum absolute atomic E-state index is 12.3. The van der Waals surface area contributed by atoms with E-state index in [4.69, 9.17) is 4.52 Å². The Bertz CT molecular complexity index is 619. The minimum atomic E-state index is -0.0841. The highest BCUT2D eigenvalue weighted by atomic mass is 16.5. The van der Waals surface area contributed by atoms with Crippen LogP contribution in [0.2, 0.25) is 0 Å².